The lowest BCUT2D eigenvalue weighted by Crippen LogP contribution is -2.16. The van der Waals surface area contributed by atoms with Crippen molar-refractivity contribution in [1.29, 1.82) is 0 Å². The minimum absolute atomic E-state index is 0.245. The molecule has 0 unspecified atom stereocenters. The lowest BCUT2D eigenvalue weighted by molar-refractivity contribution is 0.149. The summed E-state index contributed by atoms with van der Waals surface area (Å²) in [7, 11) is -3.84. The highest BCUT2D eigenvalue weighted by atomic mass is 31.2. The van der Waals surface area contributed by atoms with Crippen molar-refractivity contribution < 1.29 is 18.1 Å². The van der Waals surface area contributed by atoms with Crippen molar-refractivity contribution in [3.63, 3.8) is 0 Å². The van der Waals surface area contributed by atoms with Crippen LogP contribution in [-0.2, 0) is 21.9 Å². The maximum atomic E-state index is 13.4. The first-order valence-electron chi connectivity index (χ1n) is 8.55. The smallest absolute Gasteiger partial charge is 0.395 e. The van der Waals surface area contributed by atoms with Crippen LogP contribution in [0.25, 0.3) is 0 Å². The molecule has 0 saturated carbocycles. The number of phosphoric acid groups is 1. The van der Waals surface area contributed by atoms with Crippen LogP contribution >= 0.6 is 7.82 Å². The molecular formula is C21H19O4P. The Morgan fingerprint density at radius 1 is 0.654 bits per heavy atom. The van der Waals surface area contributed by atoms with Gasteiger partial charge < -0.3 is 9.05 Å². The second kappa shape index (κ2) is 7.36. The highest BCUT2D eigenvalue weighted by molar-refractivity contribution is 7.49. The van der Waals surface area contributed by atoms with Gasteiger partial charge in [-0.3, -0.25) is 4.52 Å². The zero-order chi connectivity index (χ0) is 17.8. The fraction of sp³-hybridized carbons (Fsp3) is 0.143. The number of fused-ring (bicyclic) bond motifs is 1. The summed E-state index contributed by atoms with van der Waals surface area (Å²) in [5.74, 6) is 0.893. The number of benzene rings is 3. The molecule has 0 N–H and O–H groups in total. The molecule has 0 bridgehead atoms. The van der Waals surface area contributed by atoms with Gasteiger partial charge in [-0.1, -0.05) is 60.7 Å². The Hall–Kier alpha value is -2.55. The Morgan fingerprint density at radius 3 is 1.54 bits per heavy atom. The van der Waals surface area contributed by atoms with Gasteiger partial charge in [-0.05, 0) is 48.2 Å². The molecule has 0 aliphatic heterocycles. The summed E-state index contributed by atoms with van der Waals surface area (Å²) in [6, 6.07) is 26.0. The summed E-state index contributed by atoms with van der Waals surface area (Å²) >= 11 is 0. The second-order valence-corrected chi connectivity index (χ2v) is 7.63. The number of rotatable bonds is 6. The highest BCUT2D eigenvalue weighted by Gasteiger charge is 2.37. The van der Waals surface area contributed by atoms with Crippen LogP contribution in [-0.4, -0.2) is 6.10 Å². The van der Waals surface area contributed by atoms with Gasteiger partial charge in [0.15, 0.2) is 0 Å². The van der Waals surface area contributed by atoms with Crippen LogP contribution in [0, 0.1) is 0 Å². The van der Waals surface area contributed by atoms with E-state index in [1.807, 2.05) is 48.5 Å². The van der Waals surface area contributed by atoms with Crippen molar-refractivity contribution in [2.75, 3.05) is 0 Å². The number of para-hydroxylation sites is 2. The van der Waals surface area contributed by atoms with Crippen molar-refractivity contribution in [3.05, 3.63) is 96.1 Å². The van der Waals surface area contributed by atoms with Crippen molar-refractivity contribution in [3.8, 4) is 11.5 Å². The summed E-state index contributed by atoms with van der Waals surface area (Å²) in [6.07, 6.45) is 1.14. The molecule has 0 atom stereocenters. The number of hydrogen-bond acceptors (Lipinski definition) is 4. The second-order valence-electron chi connectivity index (χ2n) is 6.16. The SMILES string of the molecule is O=P(Oc1ccccc1)(Oc1ccccc1)OC1Cc2ccccc2C1. The molecule has 3 aromatic rings. The maximum absolute atomic E-state index is 13.4. The quantitative estimate of drug-likeness (QED) is 0.545. The highest BCUT2D eigenvalue weighted by Crippen LogP contribution is 2.51. The lowest BCUT2D eigenvalue weighted by atomic mass is 10.1. The van der Waals surface area contributed by atoms with Crippen molar-refractivity contribution in [2.24, 2.45) is 0 Å². The molecule has 0 heterocycles. The Labute approximate surface area is 153 Å². The van der Waals surface area contributed by atoms with E-state index in [1.54, 1.807) is 24.3 Å². The molecule has 4 nitrogen and oxygen atoms in total. The van der Waals surface area contributed by atoms with E-state index in [2.05, 4.69) is 12.1 Å². The Bertz CT molecular complexity index is 841. The summed E-state index contributed by atoms with van der Waals surface area (Å²) in [4.78, 5) is 0. The molecule has 0 fully saturated rings. The predicted octanol–water partition coefficient (Wildman–Crippen LogP) is 5.44. The van der Waals surface area contributed by atoms with Gasteiger partial charge in [-0.25, -0.2) is 4.57 Å². The Balaban J connectivity index is 1.55. The van der Waals surface area contributed by atoms with Crippen molar-refractivity contribution in [1.82, 2.24) is 0 Å². The summed E-state index contributed by atoms with van der Waals surface area (Å²) in [6.45, 7) is 0. The molecule has 132 valence electrons. The Kier molecular flexibility index (Phi) is 4.79. The third-order valence-electron chi connectivity index (χ3n) is 4.21. The van der Waals surface area contributed by atoms with E-state index in [1.165, 1.54) is 11.1 Å². The zero-order valence-electron chi connectivity index (χ0n) is 14.2. The number of phosphoric ester groups is 1. The molecule has 4 rings (SSSR count). The molecule has 3 aromatic carbocycles. The van der Waals surface area contributed by atoms with Crippen LogP contribution in [0.15, 0.2) is 84.9 Å². The summed E-state index contributed by atoms with van der Waals surface area (Å²) in [5, 5.41) is 0. The van der Waals surface area contributed by atoms with Gasteiger partial charge in [0, 0.05) is 0 Å². The molecule has 5 heteroatoms. The van der Waals surface area contributed by atoms with E-state index in [0.717, 1.165) is 0 Å². The third-order valence-corrected chi connectivity index (χ3v) is 5.64. The van der Waals surface area contributed by atoms with Crippen LogP contribution < -0.4 is 9.05 Å². The summed E-state index contributed by atoms with van der Waals surface area (Å²) < 4.78 is 30.6. The Morgan fingerprint density at radius 2 is 1.08 bits per heavy atom. The van der Waals surface area contributed by atoms with Gasteiger partial charge >= 0.3 is 7.82 Å². The zero-order valence-corrected chi connectivity index (χ0v) is 15.0. The van der Waals surface area contributed by atoms with Gasteiger partial charge in [-0.15, -0.1) is 0 Å². The average molecular weight is 366 g/mol. The molecule has 0 radical (unpaired) electrons. The van der Waals surface area contributed by atoms with Crippen LogP contribution in [0.2, 0.25) is 0 Å². The monoisotopic (exact) mass is 366 g/mol. The van der Waals surface area contributed by atoms with Crippen LogP contribution in [0.1, 0.15) is 11.1 Å². The first kappa shape index (κ1) is 16.9. The largest absolute Gasteiger partial charge is 0.587 e. The van der Waals surface area contributed by atoms with Crippen LogP contribution in [0.4, 0.5) is 0 Å². The maximum Gasteiger partial charge on any atom is 0.587 e. The van der Waals surface area contributed by atoms with E-state index in [9.17, 15) is 4.57 Å². The van der Waals surface area contributed by atoms with Crippen LogP contribution in [0.5, 0.6) is 11.5 Å². The normalized spacial score (nSPS) is 14.0. The minimum Gasteiger partial charge on any atom is -0.395 e. The van der Waals surface area contributed by atoms with E-state index in [4.69, 9.17) is 13.6 Å². The number of hydrogen-bond donors (Lipinski definition) is 0. The van der Waals surface area contributed by atoms with E-state index in [-0.39, 0.29) is 6.10 Å². The fourth-order valence-corrected chi connectivity index (χ4v) is 4.46. The molecule has 0 aromatic heterocycles. The fourth-order valence-electron chi connectivity index (χ4n) is 3.06. The topological polar surface area (TPSA) is 44.8 Å². The van der Waals surface area contributed by atoms with Gasteiger partial charge in [0.1, 0.15) is 11.5 Å². The van der Waals surface area contributed by atoms with E-state index < -0.39 is 7.82 Å². The van der Waals surface area contributed by atoms with Crippen molar-refractivity contribution >= 4 is 7.82 Å². The first-order chi connectivity index (χ1) is 12.7. The molecule has 1 aliphatic carbocycles. The van der Waals surface area contributed by atoms with E-state index in [0.29, 0.717) is 24.3 Å². The minimum atomic E-state index is -3.84. The molecule has 1 aliphatic rings. The molecule has 0 amide bonds. The molecule has 0 spiro atoms. The van der Waals surface area contributed by atoms with E-state index >= 15 is 0 Å². The molecule has 0 saturated heterocycles. The molecular weight excluding hydrogens is 347 g/mol. The predicted molar refractivity (Wildman–Crippen MR) is 100 cm³/mol. The van der Waals surface area contributed by atoms with Gasteiger partial charge in [0.2, 0.25) is 0 Å². The van der Waals surface area contributed by atoms with Gasteiger partial charge in [0.05, 0.1) is 6.10 Å². The van der Waals surface area contributed by atoms with Crippen molar-refractivity contribution in [2.45, 2.75) is 18.9 Å². The lowest BCUT2D eigenvalue weighted by Gasteiger charge is -2.22. The first-order valence-corrected chi connectivity index (χ1v) is 10.0. The summed E-state index contributed by atoms with van der Waals surface area (Å²) in [5.41, 5.74) is 2.42. The van der Waals surface area contributed by atoms with Gasteiger partial charge in [0.25, 0.3) is 0 Å². The standard InChI is InChI=1S/C21H19O4P/c22-26(23-19-11-3-1-4-12-19,24-20-13-5-2-6-14-20)25-21-15-17-9-7-8-10-18(17)16-21/h1-14,21H,15-16H2. The third kappa shape index (κ3) is 3.98. The molecule has 26 heavy (non-hydrogen) atoms. The average Bonchev–Trinajstić information content (AvgIpc) is 3.04. The van der Waals surface area contributed by atoms with Gasteiger partial charge in [-0.2, -0.15) is 0 Å². The van der Waals surface area contributed by atoms with Crippen LogP contribution in [0.3, 0.4) is 0 Å².